The minimum absolute atomic E-state index is 0.134. The summed E-state index contributed by atoms with van der Waals surface area (Å²) in [4.78, 5) is 33.0. The van der Waals surface area contributed by atoms with Gasteiger partial charge < -0.3 is 34.1 Å². The third kappa shape index (κ3) is 4.57. The number of carbonyl (C=O) groups is 2. The Labute approximate surface area is 202 Å². The molecule has 10 nitrogen and oxygen atoms in total. The van der Waals surface area contributed by atoms with E-state index in [0.29, 0.717) is 28.1 Å². The highest BCUT2D eigenvalue weighted by atomic mass is 16.7. The van der Waals surface area contributed by atoms with Crippen LogP contribution in [0.5, 0.6) is 17.2 Å². The fraction of sp³-hybridized carbons (Fsp3) is 0.360. The summed E-state index contributed by atoms with van der Waals surface area (Å²) < 4.78 is 21.6. The number of aromatic amines is 1. The normalized spacial score (nSPS) is 15.3. The van der Waals surface area contributed by atoms with Gasteiger partial charge in [-0.25, -0.2) is 4.79 Å². The molecule has 0 radical (unpaired) electrons. The van der Waals surface area contributed by atoms with Crippen LogP contribution >= 0.6 is 0 Å². The summed E-state index contributed by atoms with van der Waals surface area (Å²) in [5, 5.41) is 3.59. The minimum atomic E-state index is -0.536. The number of methoxy groups -OCH3 is 1. The van der Waals surface area contributed by atoms with Crippen molar-refractivity contribution in [3.05, 3.63) is 42.1 Å². The Hall–Kier alpha value is -3.92. The molecular formula is C25H28N4O6. The van der Waals surface area contributed by atoms with Crippen LogP contribution in [0.25, 0.3) is 10.9 Å². The Balaban J connectivity index is 1.29. The van der Waals surface area contributed by atoms with E-state index in [-0.39, 0.29) is 31.5 Å². The van der Waals surface area contributed by atoms with E-state index in [1.54, 1.807) is 26.2 Å². The molecule has 184 valence electrons. The van der Waals surface area contributed by atoms with Crippen LogP contribution in [0.4, 0.5) is 11.4 Å². The van der Waals surface area contributed by atoms with Crippen molar-refractivity contribution in [3.63, 3.8) is 0 Å². The van der Waals surface area contributed by atoms with Crippen LogP contribution in [-0.2, 0) is 9.53 Å². The third-order valence-corrected chi connectivity index (χ3v) is 6.20. The summed E-state index contributed by atoms with van der Waals surface area (Å²) in [7, 11) is 1.67. The second-order valence-corrected chi connectivity index (χ2v) is 8.33. The van der Waals surface area contributed by atoms with Gasteiger partial charge in [-0.2, -0.15) is 0 Å². The number of benzene rings is 2. The number of fused-ring (bicyclic) bond motifs is 2. The highest BCUT2D eigenvalue weighted by Crippen LogP contribution is 2.40. The molecule has 0 aliphatic carbocycles. The number of nitrogens with zero attached hydrogens (tertiary/aromatic N) is 2. The van der Waals surface area contributed by atoms with Gasteiger partial charge in [-0.05, 0) is 25.1 Å². The summed E-state index contributed by atoms with van der Waals surface area (Å²) in [6.07, 6.45) is 0. The maximum absolute atomic E-state index is 13.0. The zero-order valence-corrected chi connectivity index (χ0v) is 19.8. The van der Waals surface area contributed by atoms with E-state index in [0.717, 1.165) is 37.6 Å². The highest BCUT2D eigenvalue weighted by Gasteiger charge is 2.26. The molecule has 0 unspecified atom stereocenters. The number of esters is 1. The van der Waals surface area contributed by atoms with Crippen LogP contribution in [0, 0.1) is 0 Å². The van der Waals surface area contributed by atoms with Crippen LogP contribution in [-0.4, -0.2) is 75.0 Å². The zero-order valence-electron chi connectivity index (χ0n) is 19.8. The van der Waals surface area contributed by atoms with Gasteiger partial charge in [-0.3, -0.25) is 9.69 Å². The molecule has 2 aliphatic rings. The molecule has 1 saturated heterocycles. The molecule has 2 aliphatic heterocycles. The van der Waals surface area contributed by atoms with Crippen LogP contribution in [0.3, 0.4) is 0 Å². The van der Waals surface area contributed by atoms with Gasteiger partial charge in [0.2, 0.25) is 12.7 Å². The number of carbonyl (C=O) groups excluding carboxylic acids is 2. The van der Waals surface area contributed by atoms with Crippen LogP contribution in [0.1, 0.15) is 17.4 Å². The van der Waals surface area contributed by atoms with E-state index < -0.39 is 5.97 Å². The second kappa shape index (κ2) is 9.75. The lowest BCUT2D eigenvalue weighted by atomic mass is 10.2. The van der Waals surface area contributed by atoms with Gasteiger partial charge in [0, 0.05) is 37.6 Å². The first-order valence-corrected chi connectivity index (χ1v) is 11.6. The van der Waals surface area contributed by atoms with E-state index in [2.05, 4.69) is 20.1 Å². The maximum Gasteiger partial charge on any atom is 0.356 e. The summed E-state index contributed by atoms with van der Waals surface area (Å²) in [5.41, 5.74) is 2.28. The van der Waals surface area contributed by atoms with Crippen molar-refractivity contribution < 1.29 is 28.5 Å². The largest absolute Gasteiger partial charge is 0.495 e. The first kappa shape index (κ1) is 22.9. The summed E-state index contributed by atoms with van der Waals surface area (Å²) in [5.74, 6) is 1.24. The first-order chi connectivity index (χ1) is 17.1. The van der Waals surface area contributed by atoms with Gasteiger partial charge in [0.1, 0.15) is 11.4 Å². The predicted octanol–water partition coefficient (Wildman–Crippen LogP) is 2.84. The lowest BCUT2D eigenvalue weighted by Crippen LogP contribution is -2.48. The molecule has 1 amide bonds. The number of rotatable bonds is 7. The molecule has 10 heteroatoms. The first-order valence-electron chi connectivity index (χ1n) is 11.6. The molecular weight excluding hydrogens is 452 g/mol. The average molecular weight is 481 g/mol. The van der Waals surface area contributed by atoms with Crippen molar-refractivity contribution in [3.8, 4) is 17.2 Å². The molecule has 0 atom stereocenters. The Bertz CT molecular complexity index is 1250. The molecule has 2 N–H and O–H groups in total. The third-order valence-electron chi connectivity index (χ3n) is 6.20. The maximum atomic E-state index is 13.0. The van der Waals surface area contributed by atoms with Crippen LogP contribution in [0.2, 0.25) is 0 Å². The second-order valence-electron chi connectivity index (χ2n) is 8.33. The number of nitrogens with one attached hydrogen (secondary N) is 2. The van der Waals surface area contributed by atoms with E-state index in [4.69, 9.17) is 18.9 Å². The number of piperazine rings is 1. The number of H-pyrrole nitrogens is 1. The van der Waals surface area contributed by atoms with Crippen molar-refractivity contribution in [1.82, 2.24) is 9.88 Å². The number of para-hydroxylation sites is 2. The average Bonchev–Trinajstić information content (AvgIpc) is 3.47. The summed E-state index contributed by atoms with van der Waals surface area (Å²) >= 11 is 0. The molecule has 35 heavy (non-hydrogen) atoms. The molecule has 5 rings (SSSR count). The number of aromatic nitrogens is 1. The summed E-state index contributed by atoms with van der Waals surface area (Å²) in [6, 6.07) is 11.5. The molecule has 1 aromatic heterocycles. The SMILES string of the molecule is CCOC(=O)c1[nH]c2cc3c(cc2c1NC(=O)CN1CCN(c2ccccc2OC)CC1)OCO3. The topological polar surface area (TPSA) is 105 Å². The predicted molar refractivity (Wildman–Crippen MR) is 131 cm³/mol. The van der Waals surface area contributed by atoms with Crippen molar-refractivity contribution in [2.75, 3.05) is 63.5 Å². The molecule has 0 spiro atoms. The number of anilines is 2. The molecule has 3 heterocycles. The smallest absolute Gasteiger partial charge is 0.356 e. The number of amides is 1. The van der Waals surface area contributed by atoms with E-state index in [1.807, 2.05) is 24.3 Å². The Kier molecular flexibility index (Phi) is 6.37. The summed E-state index contributed by atoms with van der Waals surface area (Å²) in [6.45, 7) is 5.30. The lowest BCUT2D eigenvalue weighted by molar-refractivity contribution is -0.117. The van der Waals surface area contributed by atoms with E-state index >= 15 is 0 Å². The van der Waals surface area contributed by atoms with Gasteiger partial charge in [0.25, 0.3) is 0 Å². The van der Waals surface area contributed by atoms with Gasteiger partial charge >= 0.3 is 5.97 Å². The number of ether oxygens (including phenoxy) is 4. The zero-order chi connectivity index (χ0) is 24.4. The van der Waals surface area contributed by atoms with Crippen molar-refractivity contribution in [2.24, 2.45) is 0 Å². The lowest BCUT2D eigenvalue weighted by Gasteiger charge is -2.36. The number of hydrogen-bond donors (Lipinski definition) is 2. The molecule has 1 fully saturated rings. The van der Waals surface area contributed by atoms with Crippen molar-refractivity contribution in [1.29, 1.82) is 0 Å². The minimum Gasteiger partial charge on any atom is -0.495 e. The van der Waals surface area contributed by atoms with Gasteiger partial charge in [-0.1, -0.05) is 12.1 Å². The van der Waals surface area contributed by atoms with Gasteiger partial charge in [0.05, 0.1) is 37.2 Å². The van der Waals surface area contributed by atoms with E-state index in [1.165, 1.54) is 0 Å². The Morgan fingerprint density at radius 2 is 1.83 bits per heavy atom. The van der Waals surface area contributed by atoms with Crippen molar-refractivity contribution in [2.45, 2.75) is 6.92 Å². The fourth-order valence-electron chi connectivity index (χ4n) is 4.49. The molecule has 2 aromatic carbocycles. The monoisotopic (exact) mass is 480 g/mol. The van der Waals surface area contributed by atoms with E-state index in [9.17, 15) is 9.59 Å². The Morgan fingerprint density at radius 1 is 1.09 bits per heavy atom. The highest BCUT2D eigenvalue weighted by molar-refractivity contribution is 6.12. The molecule has 0 bridgehead atoms. The Morgan fingerprint density at radius 3 is 2.57 bits per heavy atom. The molecule has 0 saturated carbocycles. The quantitative estimate of drug-likeness (QED) is 0.498. The van der Waals surface area contributed by atoms with Crippen LogP contribution < -0.4 is 24.4 Å². The van der Waals surface area contributed by atoms with Crippen molar-refractivity contribution >= 4 is 34.2 Å². The standard InChI is InChI=1S/C25H28N4O6/c1-3-33-25(31)24-23(16-12-20-21(35-15-34-20)13-17(16)26-24)27-22(30)14-28-8-10-29(11-9-28)18-6-4-5-7-19(18)32-2/h4-7,12-13,26H,3,8-11,14-15H2,1-2H3,(H,27,30). The van der Waals surface area contributed by atoms with Crippen LogP contribution in [0.15, 0.2) is 36.4 Å². The number of hydrogen-bond acceptors (Lipinski definition) is 8. The van der Waals surface area contributed by atoms with Gasteiger partial charge in [0.15, 0.2) is 11.5 Å². The molecule has 3 aromatic rings. The fourth-order valence-corrected chi connectivity index (χ4v) is 4.49. The van der Waals surface area contributed by atoms with Gasteiger partial charge in [-0.15, -0.1) is 0 Å².